The molecule has 10 heteroatoms. The summed E-state index contributed by atoms with van der Waals surface area (Å²) in [7, 11) is -3.20. The molecule has 0 aromatic rings. The minimum atomic E-state index is -3.20. The van der Waals surface area contributed by atoms with Crippen molar-refractivity contribution in [3.63, 3.8) is 0 Å². The summed E-state index contributed by atoms with van der Waals surface area (Å²) in [4.78, 5) is 13.3. The summed E-state index contributed by atoms with van der Waals surface area (Å²) in [5, 5.41) is 17.7. The van der Waals surface area contributed by atoms with Crippen LogP contribution in [-0.2, 0) is 19.4 Å². The van der Waals surface area contributed by atoms with Crippen molar-refractivity contribution in [3.8, 4) is 0 Å². The number of carbonyl (C=O) groups excluding carboxylic acids is 1. The van der Waals surface area contributed by atoms with Crippen molar-refractivity contribution in [2.75, 3.05) is 32.5 Å². The Balaban J connectivity index is 1.12. The molecular formula is C28H51N5O4S. The molecule has 2 saturated heterocycles. The van der Waals surface area contributed by atoms with E-state index in [1.165, 1.54) is 31.9 Å². The summed E-state index contributed by atoms with van der Waals surface area (Å²) in [6, 6.07) is 1.02. The Labute approximate surface area is 229 Å². The number of piperidine rings is 1. The van der Waals surface area contributed by atoms with Crippen LogP contribution in [0.25, 0.3) is 0 Å². The maximum Gasteiger partial charge on any atom is 0.223 e. The molecule has 0 spiro atoms. The molecule has 38 heavy (non-hydrogen) atoms. The number of hydrogen-bond acceptors (Lipinski definition) is 8. The average molecular weight is 554 g/mol. The Morgan fingerprint density at radius 2 is 1.84 bits per heavy atom. The topological polar surface area (TPSA) is 121 Å². The van der Waals surface area contributed by atoms with Crippen molar-refractivity contribution >= 4 is 15.7 Å². The molecule has 0 radical (unpaired) electrons. The first-order chi connectivity index (χ1) is 18.3. The van der Waals surface area contributed by atoms with Crippen LogP contribution in [0.3, 0.4) is 0 Å². The van der Waals surface area contributed by atoms with E-state index < -0.39 is 15.1 Å². The van der Waals surface area contributed by atoms with E-state index in [4.69, 9.17) is 4.74 Å². The fourth-order valence-electron chi connectivity index (χ4n) is 7.21. The molecule has 5 aliphatic rings. The van der Waals surface area contributed by atoms with E-state index in [9.17, 15) is 13.2 Å². The van der Waals surface area contributed by atoms with Gasteiger partial charge in [-0.05, 0) is 108 Å². The summed E-state index contributed by atoms with van der Waals surface area (Å²) < 4.78 is 30.9. The predicted molar refractivity (Wildman–Crippen MR) is 149 cm³/mol. The van der Waals surface area contributed by atoms with E-state index in [2.05, 4.69) is 33.5 Å². The molecule has 1 amide bonds. The van der Waals surface area contributed by atoms with Crippen LogP contribution in [0.2, 0.25) is 0 Å². The highest BCUT2D eigenvalue weighted by atomic mass is 32.2. The first-order valence-electron chi connectivity index (χ1n) is 15.3. The normalized spacial score (nSPS) is 40.9. The molecule has 0 bridgehead atoms. The van der Waals surface area contributed by atoms with Crippen LogP contribution in [0.1, 0.15) is 77.6 Å². The molecule has 0 aromatic heterocycles. The molecule has 5 fully saturated rings. The third-order valence-corrected chi connectivity index (χ3v) is 11.5. The number of ether oxygens (including phenoxy) is 1. The first kappa shape index (κ1) is 28.7. The fraction of sp³-hybridized carbons (Fsp3) is 0.964. The first-order valence-corrected chi connectivity index (χ1v) is 17.3. The Kier molecular flexibility index (Phi) is 9.69. The van der Waals surface area contributed by atoms with Gasteiger partial charge in [-0.25, -0.2) is 8.42 Å². The Morgan fingerprint density at radius 3 is 2.58 bits per heavy atom. The molecule has 9 atom stereocenters. The van der Waals surface area contributed by atoms with Gasteiger partial charge >= 0.3 is 0 Å². The second-order valence-corrected chi connectivity index (χ2v) is 15.3. The number of carbonyl (C=O) groups is 1. The monoisotopic (exact) mass is 553 g/mol. The van der Waals surface area contributed by atoms with Gasteiger partial charge in [0.15, 0.2) is 9.84 Å². The van der Waals surface area contributed by atoms with E-state index in [-0.39, 0.29) is 30.3 Å². The second-order valence-electron chi connectivity index (χ2n) is 13.0. The van der Waals surface area contributed by atoms with Crippen LogP contribution in [-0.4, -0.2) is 82.6 Å². The second kappa shape index (κ2) is 12.8. The minimum absolute atomic E-state index is 0.0778. The number of hydrogen-bond donors (Lipinski definition) is 5. The SMILES string of the molecule is CC1CCC(NC(=O)C2CCC(S(C)(=O)=O)C(OCC3CC3)C2)CC1NC1NCCC(C2CCCNC2)N1. The third kappa shape index (κ3) is 7.69. The maximum atomic E-state index is 13.3. The third-order valence-electron chi connectivity index (χ3n) is 9.91. The van der Waals surface area contributed by atoms with E-state index >= 15 is 0 Å². The molecular weight excluding hydrogens is 502 g/mol. The molecule has 9 nitrogen and oxygen atoms in total. The molecule has 9 unspecified atom stereocenters. The zero-order valence-corrected chi connectivity index (χ0v) is 24.2. The van der Waals surface area contributed by atoms with Crippen molar-refractivity contribution < 1.29 is 17.9 Å². The zero-order valence-electron chi connectivity index (χ0n) is 23.4. The van der Waals surface area contributed by atoms with Gasteiger partial charge < -0.3 is 15.4 Å². The summed E-state index contributed by atoms with van der Waals surface area (Å²) in [5.41, 5.74) is 0. The highest BCUT2D eigenvalue weighted by molar-refractivity contribution is 7.91. The Morgan fingerprint density at radius 1 is 1.00 bits per heavy atom. The van der Waals surface area contributed by atoms with Gasteiger partial charge in [0.25, 0.3) is 0 Å². The van der Waals surface area contributed by atoms with Crippen LogP contribution in [0.15, 0.2) is 0 Å². The standard InChI is InChI=1S/C28H51N5O4S/c1-18-5-9-22(15-24(18)33-28-30-13-11-23(32-28)21-4-3-12-29-16-21)31-27(34)20-8-10-26(38(2,35)36)25(14-20)37-17-19-6-7-19/h18-26,28-30,32-33H,3-17H2,1-2H3,(H,31,34). The van der Waals surface area contributed by atoms with E-state index in [0.29, 0.717) is 55.7 Å². The van der Waals surface area contributed by atoms with Crippen LogP contribution in [0.5, 0.6) is 0 Å². The number of rotatable bonds is 9. The molecule has 3 aliphatic carbocycles. The quantitative estimate of drug-likeness (QED) is 0.291. The molecule has 5 rings (SSSR count). The molecule has 0 aromatic carbocycles. The van der Waals surface area contributed by atoms with Crippen molar-refractivity contribution in [2.45, 2.75) is 113 Å². The lowest BCUT2D eigenvalue weighted by Gasteiger charge is -2.43. The van der Waals surface area contributed by atoms with Crippen molar-refractivity contribution in [1.29, 1.82) is 0 Å². The maximum absolute atomic E-state index is 13.3. The van der Waals surface area contributed by atoms with Gasteiger partial charge in [-0.2, -0.15) is 0 Å². The molecule has 2 heterocycles. The van der Waals surface area contributed by atoms with Gasteiger partial charge in [0.2, 0.25) is 5.91 Å². The Hall–Kier alpha value is -0.780. The van der Waals surface area contributed by atoms with Gasteiger partial charge in [0.1, 0.15) is 6.29 Å². The lowest BCUT2D eigenvalue weighted by atomic mass is 9.81. The van der Waals surface area contributed by atoms with Gasteiger partial charge in [-0.1, -0.05) is 6.92 Å². The summed E-state index contributed by atoms with van der Waals surface area (Å²) in [5.74, 6) is 1.72. The minimum Gasteiger partial charge on any atom is -0.377 e. The summed E-state index contributed by atoms with van der Waals surface area (Å²) in [6.45, 7) is 6.21. The van der Waals surface area contributed by atoms with Crippen LogP contribution in [0, 0.1) is 23.7 Å². The molecule has 5 N–H and O–H groups in total. The fourth-order valence-corrected chi connectivity index (χ4v) is 8.51. The highest BCUT2D eigenvalue weighted by Crippen LogP contribution is 2.35. The van der Waals surface area contributed by atoms with Crippen molar-refractivity contribution in [1.82, 2.24) is 26.6 Å². The zero-order chi connectivity index (χ0) is 26.7. The van der Waals surface area contributed by atoms with Crippen molar-refractivity contribution in [2.24, 2.45) is 23.7 Å². The average Bonchev–Trinajstić information content (AvgIpc) is 3.74. The highest BCUT2D eigenvalue weighted by Gasteiger charge is 2.41. The van der Waals surface area contributed by atoms with Gasteiger partial charge in [-0.3, -0.25) is 20.7 Å². The molecule has 218 valence electrons. The molecule has 3 saturated carbocycles. The van der Waals surface area contributed by atoms with Crippen LogP contribution < -0.4 is 26.6 Å². The van der Waals surface area contributed by atoms with Crippen LogP contribution in [0.4, 0.5) is 0 Å². The summed E-state index contributed by atoms with van der Waals surface area (Å²) in [6.07, 6.45) is 11.7. The number of nitrogens with one attached hydrogen (secondary N) is 5. The molecule has 2 aliphatic heterocycles. The van der Waals surface area contributed by atoms with E-state index in [0.717, 1.165) is 45.3 Å². The lowest BCUT2D eigenvalue weighted by molar-refractivity contribution is -0.129. The van der Waals surface area contributed by atoms with Gasteiger partial charge in [-0.15, -0.1) is 0 Å². The van der Waals surface area contributed by atoms with Crippen LogP contribution >= 0.6 is 0 Å². The van der Waals surface area contributed by atoms with Gasteiger partial charge in [0.05, 0.1) is 11.4 Å². The predicted octanol–water partition coefficient (Wildman–Crippen LogP) is 1.49. The number of sulfone groups is 1. The van der Waals surface area contributed by atoms with Crippen molar-refractivity contribution in [3.05, 3.63) is 0 Å². The number of amides is 1. The van der Waals surface area contributed by atoms with E-state index in [1.807, 2.05) is 0 Å². The smallest absolute Gasteiger partial charge is 0.223 e. The lowest BCUT2D eigenvalue weighted by Crippen LogP contribution is -2.66. The summed E-state index contributed by atoms with van der Waals surface area (Å²) >= 11 is 0. The Bertz CT molecular complexity index is 894. The van der Waals surface area contributed by atoms with E-state index in [1.54, 1.807) is 0 Å². The largest absolute Gasteiger partial charge is 0.377 e. The van der Waals surface area contributed by atoms with Gasteiger partial charge in [0, 0.05) is 36.9 Å².